The molecule has 0 aromatic heterocycles. The third-order valence-electron chi connectivity index (χ3n) is 3.66. The summed E-state index contributed by atoms with van der Waals surface area (Å²) in [7, 11) is 1.86. The highest BCUT2D eigenvalue weighted by Gasteiger charge is 2.34. The SMILES string of the molecule is CNC1CCN(C(=O)Nc2ccccc2C(F)(F)F)CC1. The number of carbonyl (C=O) groups is 1. The second-order valence-corrected chi connectivity index (χ2v) is 5.02. The lowest BCUT2D eigenvalue weighted by atomic mass is 10.1. The van der Waals surface area contributed by atoms with Crippen molar-refractivity contribution in [1.29, 1.82) is 0 Å². The molecule has 1 fully saturated rings. The van der Waals surface area contributed by atoms with Gasteiger partial charge in [0.25, 0.3) is 0 Å². The highest BCUT2D eigenvalue weighted by atomic mass is 19.4. The fraction of sp³-hybridized carbons (Fsp3) is 0.500. The van der Waals surface area contributed by atoms with Gasteiger partial charge in [-0.15, -0.1) is 0 Å². The molecule has 7 heteroatoms. The zero-order chi connectivity index (χ0) is 15.5. The van der Waals surface area contributed by atoms with Crippen LogP contribution in [0.2, 0.25) is 0 Å². The first kappa shape index (κ1) is 15.6. The number of alkyl halides is 3. The van der Waals surface area contributed by atoms with E-state index in [0.717, 1.165) is 18.9 Å². The molecule has 1 aromatic carbocycles. The number of hydrogen-bond acceptors (Lipinski definition) is 2. The summed E-state index contributed by atoms with van der Waals surface area (Å²) < 4.78 is 38.6. The van der Waals surface area contributed by atoms with E-state index in [-0.39, 0.29) is 5.69 Å². The molecule has 21 heavy (non-hydrogen) atoms. The molecule has 1 saturated heterocycles. The van der Waals surface area contributed by atoms with Gasteiger partial charge in [-0.25, -0.2) is 4.79 Å². The van der Waals surface area contributed by atoms with Gasteiger partial charge in [-0.1, -0.05) is 12.1 Å². The maximum atomic E-state index is 12.9. The van der Waals surface area contributed by atoms with Crippen LogP contribution in [-0.4, -0.2) is 37.1 Å². The molecule has 0 radical (unpaired) electrons. The summed E-state index contributed by atoms with van der Waals surface area (Å²) in [5, 5.41) is 5.50. The number of amides is 2. The van der Waals surface area contributed by atoms with Crippen molar-refractivity contribution in [3.8, 4) is 0 Å². The second kappa shape index (κ2) is 6.34. The van der Waals surface area contributed by atoms with E-state index in [1.54, 1.807) is 4.90 Å². The van der Waals surface area contributed by atoms with E-state index in [9.17, 15) is 18.0 Å². The van der Waals surface area contributed by atoms with Crippen molar-refractivity contribution >= 4 is 11.7 Å². The Morgan fingerprint density at radius 2 is 1.86 bits per heavy atom. The minimum absolute atomic E-state index is 0.203. The average Bonchev–Trinajstić information content (AvgIpc) is 2.47. The van der Waals surface area contributed by atoms with E-state index in [1.807, 2.05) is 7.05 Å². The van der Waals surface area contributed by atoms with Crippen LogP contribution in [-0.2, 0) is 6.18 Å². The summed E-state index contributed by atoms with van der Waals surface area (Å²) >= 11 is 0. The quantitative estimate of drug-likeness (QED) is 0.882. The lowest BCUT2D eigenvalue weighted by Crippen LogP contribution is -2.45. The van der Waals surface area contributed by atoms with Gasteiger partial charge < -0.3 is 15.5 Å². The van der Waals surface area contributed by atoms with Crippen LogP contribution in [0.5, 0.6) is 0 Å². The Hall–Kier alpha value is -1.76. The molecule has 2 N–H and O–H groups in total. The molecule has 0 aliphatic carbocycles. The van der Waals surface area contributed by atoms with Gasteiger partial charge in [-0.3, -0.25) is 0 Å². The number of halogens is 3. The van der Waals surface area contributed by atoms with Gasteiger partial charge in [0.15, 0.2) is 0 Å². The summed E-state index contributed by atoms with van der Waals surface area (Å²) in [5.41, 5.74) is -1.03. The van der Waals surface area contributed by atoms with E-state index in [1.165, 1.54) is 18.2 Å². The largest absolute Gasteiger partial charge is 0.418 e. The number of anilines is 1. The number of nitrogens with zero attached hydrogens (tertiary/aromatic N) is 1. The van der Waals surface area contributed by atoms with Gasteiger partial charge in [0.05, 0.1) is 11.3 Å². The van der Waals surface area contributed by atoms with E-state index < -0.39 is 17.8 Å². The molecule has 0 bridgehead atoms. The molecule has 0 unspecified atom stereocenters. The highest BCUT2D eigenvalue weighted by Crippen LogP contribution is 2.34. The van der Waals surface area contributed by atoms with Crippen molar-refractivity contribution in [2.45, 2.75) is 25.1 Å². The number of urea groups is 1. The molecule has 1 aliphatic rings. The molecule has 2 rings (SSSR count). The molecule has 0 saturated carbocycles. The maximum absolute atomic E-state index is 12.9. The van der Waals surface area contributed by atoms with Crippen molar-refractivity contribution in [3.05, 3.63) is 29.8 Å². The first-order valence-electron chi connectivity index (χ1n) is 6.81. The Balaban J connectivity index is 2.04. The smallest absolute Gasteiger partial charge is 0.324 e. The monoisotopic (exact) mass is 301 g/mol. The van der Waals surface area contributed by atoms with Crippen LogP contribution in [0.1, 0.15) is 18.4 Å². The Labute approximate surface area is 121 Å². The Kier molecular flexibility index (Phi) is 4.72. The Morgan fingerprint density at radius 1 is 1.24 bits per heavy atom. The van der Waals surface area contributed by atoms with Gasteiger partial charge in [-0.2, -0.15) is 13.2 Å². The Bertz CT molecular complexity index is 496. The van der Waals surface area contributed by atoms with E-state index >= 15 is 0 Å². The van der Waals surface area contributed by atoms with Gasteiger partial charge >= 0.3 is 12.2 Å². The number of hydrogen-bond donors (Lipinski definition) is 2. The standard InChI is InChI=1S/C14H18F3N3O/c1-18-10-6-8-20(9-7-10)13(21)19-12-5-3-2-4-11(12)14(15,16)17/h2-5,10,18H,6-9H2,1H3,(H,19,21). The number of benzene rings is 1. The third-order valence-corrected chi connectivity index (χ3v) is 3.66. The van der Waals surface area contributed by atoms with Gasteiger partial charge in [0.2, 0.25) is 0 Å². The molecular weight excluding hydrogens is 283 g/mol. The topological polar surface area (TPSA) is 44.4 Å². The number of piperidine rings is 1. The van der Waals surface area contributed by atoms with Crippen LogP contribution in [0.4, 0.5) is 23.7 Å². The van der Waals surface area contributed by atoms with Crippen molar-refractivity contribution in [1.82, 2.24) is 10.2 Å². The number of para-hydroxylation sites is 1. The molecule has 1 aliphatic heterocycles. The molecule has 0 spiro atoms. The first-order chi connectivity index (χ1) is 9.91. The number of nitrogens with one attached hydrogen (secondary N) is 2. The van der Waals surface area contributed by atoms with Crippen LogP contribution in [0.3, 0.4) is 0 Å². The van der Waals surface area contributed by atoms with E-state index in [0.29, 0.717) is 19.1 Å². The van der Waals surface area contributed by atoms with Crippen LogP contribution in [0, 0.1) is 0 Å². The van der Waals surface area contributed by atoms with Crippen LogP contribution in [0.15, 0.2) is 24.3 Å². The highest BCUT2D eigenvalue weighted by molar-refractivity contribution is 5.90. The zero-order valence-electron chi connectivity index (χ0n) is 11.7. The van der Waals surface area contributed by atoms with Gasteiger partial charge in [-0.05, 0) is 32.0 Å². The fourth-order valence-corrected chi connectivity index (χ4v) is 2.40. The molecule has 116 valence electrons. The van der Waals surface area contributed by atoms with Crippen molar-refractivity contribution < 1.29 is 18.0 Å². The predicted molar refractivity (Wildman–Crippen MR) is 74.1 cm³/mol. The molecule has 0 atom stereocenters. The van der Waals surface area contributed by atoms with Crippen molar-refractivity contribution in [2.75, 3.05) is 25.5 Å². The normalized spacial score (nSPS) is 16.9. The molecule has 1 aromatic rings. The van der Waals surface area contributed by atoms with Crippen LogP contribution < -0.4 is 10.6 Å². The maximum Gasteiger partial charge on any atom is 0.418 e. The zero-order valence-corrected chi connectivity index (χ0v) is 11.7. The summed E-state index contributed by atoms with van der Waals surface area (Å²) in [4.78, 5) is 13.6. The van der Waals surface area contributed by atoms with E-state index in [4.69, 9.17) is 0 Å². The third kappa shape index (κ3) is 3.87. The lowest BCUT2D eigenvalue weighted by Gasteiger charge is -2.32. The van der Waals surface area contributed by atoms with Gasteiger partial charge in [0, 0.05) is 19.1 Å². The fourth-order valence-electron chi connectivity index (χ4n) is 2.40. The summed E-state index contributed by atoms with van der Waals surface area (Å²) in [6.07, 6.45) is -2.89. The predicted octanol–water partition coefficient (Wildman–Crippen LogP) is 2.92. The van der Waals surface area contributed by atoms with Crippen LogP contribution in [0.25, 0.3) is 0 Å². The second-order valence-electron chi connectivity index (χ2n) is 5.02. The average molecular weight is 301 g/mol. The van der Waals surface area contributed by atoms with Gasteiger partial charge in [0.1, 0.15) is 0 Å². The summed E-state index contributed by atoms with van der Waals surface area (Å²) in [6.45, 7) is 1.07. The summed E-state index contributed by atoms with van der Waals surface area (Å²) in [5.74, 6) is 0. The first-order valence-corrected chi connectivity index (χ1v) is 6.81. The Morgan fingerprint density at radius 3 is 2.43 bits per heavy atom. The number of carbonyl (C=O) groups excluding carboxylic acids is 1. The van der Waals surface area contributed by atoms with Crippen LogP contribution >= 0.6 is 0 Å². The minimum atomic E-state index is -4.48. The molecule has 2 amide bonds. The molecular formula is C14H18F3N3O. The summed E-state index contributed by atoms with van der Waals surface area (Å²) in [6, 6.07) is 4.87. The molecule has 4 nitrogen and oxygen atoms in total. The number of rotatable bonds is 2. The van der Waals surface area contributed by atoms with E-state index in [2.05, 4.69) is 10.6 Å². The van der Waals surface area contributed by atoms with Crippen molar-refractivity contribution in [2.24, 2.45) is 0 Å². The number of likely N-dealkylation sites (tertiary alicyclic amines) is 1. The van der Waals surface area contributed by atoms with Crippen molar-refractivity contribution in [3.63, 3.8) is 0 Å². The lowest BCUT2D eigenvalue weighted by molar-refractivity contribution is -0.136. The minimum Gasteiger partial charge on any atom is -0.324 e. The molecule has 1 heterocycles.